The molecule has 7 heteroatoms. The highest BCUT2D eigenvalue weighted by atomic mass is 35.5. The number of rotatable bonds is 4. The second-order valence-electron chi connectivity index (χ2n) is 4.26. The monoisotopic (exact) mass is 335 g/mol. The van der Waals surface area contributed by atoms with Gasteiger partial charge in [0.2, 0.25) is 0 Å². The Morgan fingerprint density at radius 2 is 1.85 bits per heavy atom. The van der Waals surface area contributed by atoms with Gasteiger partial charge >= 0.3 is 0 Å². The Morgan fingerprint density at radius 1 is 1.25 bits per heavy atom. The molecule has 108 valence electrons. The van der Waals surface area contributed by atoms with Gasteiger partial charge in [-0.15, -0.1) is 0 Å². The van der Waals surface area contributed by atoms with Gasteiger partial charge in [0.25, 0.3) is 0 Å². The van der Waals surface area contributed by atoms with Crippen molar-refractivity contribution in [2.75, 3.05) is 5.32 Å². The van der Waals surface area contributed by atoms with E-state index < -0.39 is 5.82 Å². The van der Waals surface area contributed by atoms with Crippen LogP contribution in [0.2, 0.25) is 15.1 Å². The third-order valence-electron chi connectivity index (χ3n) is 2.89. The molecule has 0 radical (unpaired) electrons. The van der Waals surface area contributed by atoms with Gasteiger partial charge in [-0.1, -0.05) is 34.8 Å². The van der Waals surface area contributed by atoms with E-state index in [0.717, 1.165) is 11.4 Å². The van der Waals surface area contributed by atoms with Crippen molar-refractivity contribution in [2.24, 2.45) is 0 Å². The molecule has 0 bridgehead atoms. The number of hydrogen-bond acceptors (Lipinski definition) is 2. The van der Waals surface area contributed by atoms with E-state index in [1.54, 1.807) is 4.68 Å². The molecule has 0 spiro atoms. The quantitative estimate of drug-likeness (QED) is 0.858. The lowest BCUT2D eigenvalue weighted by molar-refractivity contribution is 0.622. The minimum absolute atomic E-state index is 0.227. The van der Waals surface area contributed by atoms with Crippen molar-refractivity contribution < 1.29 is 4.39 Å². The van der Waals surface area contributed by atoms with Crippen LogP contribution in [0.5, 0.6) is 0 Å². The van der Waals surface area contributed by atoms with Crippen LogP contribution < -0.4 is 5.32 Å². The standard InChI is InChI=1S/C13H13Cl3FN3/c1-3-20-11(12(16)7(2)19-20)6-18-13-9(14)4-8(17)5-10(13)15/h4-5,18H,3,6H2,1-2H3. The Balaban J connectivity index is 2.26. The Kier molecular flexibility index (Phi) is 4.78. The molecule has 2 rings (SSSR count). The van der Waals surface area contributed by atoms with Gasteiger partial charge in [-0.3, -0.25) is 4.68 Å². The van der Waals surface area contributed by atoms with Crippen molar-refractivity contribution >= 4 is 40.5 Å². The fraction of sp³-hybridized carbons (Fsp3) is 0.308. The van der Waals surface area contributed by atoms with E-state index in [9.17, 15) is 4.39 Å². The predicted molar refractivity (Wildman–Crippen MR) is 81.4 cm³/mol. The second kappa shape index (κ2) is 6.20. The first-order valence-corrected chi connectivity index (χ1v) is 7.17. The Bertz CT molecular complexity index is 617. The van der Waals surface area contributed by atoms with Gasteiger partial charge in [0.15, 0.2) is 0 Å². The van der Waals surface area contributed by atoms with Crippen molar-refractivity contribution in [1.82, 2.24) is 9.78 Å². The summed E-state index contributed by atoms with van der Waals surface area (Å²) in [5.41, 5.74) is 2.08. The first-order valence-electron chi connectivity index (χ1n) is 6.04. The normalized spacial score (nSPS) is 10.9. The summed E-state index contributed by atoms with van der Waals surface area (Å²) < 4.78 is 14.9. The second-order valence-corrected chi connectivity index (χ2v) is 5.45. The molecule has 0 fully saturated rings. The zero-order valence-corrected chi connectivity index (χ0v) is 13.2. The predicted octanol–water partition coefficient (Wildman–Crippen LogP) is 4.92. The van der Waals surface area contributed by atoms with Crippen LogP contribution in [-0.2, 0) is 13.1 Å². The summed E-state index contributed by atoms with van der Waals surface area (Å²) in [5.74, 6) is -0.474. The number of nitrogens with zero attached hydrogens (tertiary/aromatic N) is 2. The number of aryl methyl sites for hydroxylation is 2. The molecule has 1 heterocycles. The largest absolute Gasteiger partial charge is 0.377 e. The van der Waals surface area contributed by atoms with E-state index in [4.69, 9.17) is 34.8 Å². The van der Waals surface area contributed by atoms with Crippen molar-refractivity contribution in [3.05, 3.63) is 44.4 Å². The van der Waals surface area contributed by atoms with Crippen molar-refractivity contribution in [1.29, 1.82) is 0 Å². The van der Waals surface area contributed by atoms with Gasteiger partial charge < -0.3 is 5.32 Å². The van der Waals surface area contributed by atoms with E-state index >= 15 is 0 Å². The Morgan fingerprint density at radius 3 is 2.40 bits per heavy atom. The number of benzene rings is 1. The van der Waals surface area contributed by atoms with Gasteiger partial charge in [-0.25, -0.2) is 4.39 Å². The molecule has 0 aliphatic rings. The fourth-order valence-corrected chi connectivity index (χ4v) is 2.72. The average Bonchev–Trinajstić information content (AvgIpc) is 2.64. The lowest BCUT2D eigenvalue weighted by atomic mass is 10.3. The molecule has 20 heavy (non-hydrogen) atoms. The number of nitrogens with one attached hydrogen (secondary N) is 1. The van der Waals surface area contributed by atoms with E-state index in [0.29, 0.717) is 23.8 Å². The molecule has 0 unspecified atom stereocenters. The highest BCUT2D eigenvalue weighted by Gasteiger charge is 2.14. The van der Waals surface area contributed by atoms with Crippen LogP contribution in [0.4, 0.5) is 10.1 Å². The van der Waals surface area contributed by atoms with Crippen molar-refractivity contribution in [2.45, 2.75) is 26.9 Å². The van der Waals surface area contributed by atoms with E-state index in [1.165, 1.54) is 12.1 Å². The lowest BCUT2D eigenvalue weighted by Crippen LogP contribution is -2.09. The molecule has 0 saturated carbocycles. The van der Waals surface area contributed by atoms with Crippen molar-refractivity contribution in [3.8, 4) is 0 Å². The summed E-state index contributed by atoms with van der Waals surface area (Å²) in [6, 6.07) is 2.42. The summed E-state index contributed by atoms with van der Waals surface area (Å²) >= 11 is 18.2. The van der Waals surface area contributed by atoms with Crippen LogP contribution in [-0.4, -0.2) is 9.78 Å². The third kappa shape index (κ3) is 3.03. The summed E-state index contributed by atoms with van der Waals surface area (Å²) in [5, 5.41) is 8.46. The zero-order chi connectivity index (χ0) is 14.9. The fourth-order valence-electron chi connectivity index (χ4n) is 1.92. The zero-order valence-electron chi connectivity index (χ0n) is 11.0. The number of anilines is 1. The van der Waals surface area contributed by atoms with Crippen LogP contribution in [0.3, 0.4) is 0 Å². The van der Waals surface area contributed by atoms with Gasteiger partial charge in [0.1, 0.15) is 5.82 Å². The van der Waals surface area contributed by atoms with Crippen LogP contribution in [0.1, 0.15) is 18.3 Å². The third-order valence-corrected chi connectivity index (χ3v) is 3.98. The smallest absolute Gasteiger partial charge is 0.126 e. The molecular formula is C13H13Cl3FN3. The molecule has 0 saturated heterocycles. The average molecular weight is 337 g/mol. The first-order chi connectivity index (χ1) is 9.43. The molecule has 1 N–H and O–H groups in total. The van der Waals surface area contributed by atoms with Crippen molar-refractivity contribution in [3.63, 3.8) is 0 Å². The first kappa shape index (κ1) is 15.4. The maximum atomic E-state index is 13.1. The molecule has 0 amide bonds. The maximum absolute atomic E-state index is 13.1. The van der Waals surface area contributed by atoms with E-state index in [-0.39, 0.29) is 10.0 Å². The summed E-state index contributed by atoms with van der Waals surface area (Å²) in [6.45, 7) is 4.92. The molecule has 0 aliphatic heterocycles. The minimum atomic E-state index is -0.474. The number of aromatic nitrogens is 2. The Hall–Kier alpha value is -0.970. The number of halogens is 4. The molecule has 1 aromatic carbocycles. The van der Waals surface area contributed by atoms with Crippen LogP contribution in [0.15, 0.2) is 12.1 Å². The molecule has 3 nitrogen and oxygen atoms in total. The SMILES string of the molecule is CCn1nc(C)c(Cl)c1CNc1c(Cl)cc(F)cc1Cl. The molecule has 0 aliphatic carbocycles. The molecule has 0 atom stereocenters. The van der Waals surface area contributed by atoms with Gasteiger partial charge in [-0.05, 0) is 26.0 Å². The summed E-state index contributed by atoms with van der Waals surface area (Å²) in [7, 11) is 0. The number of hydrogen-bond donors (Lipinski definition) is 1. The highest BCUT2D eigenvalue weighted by molar-refractivity contribution is 6.39. The van der Waals surface area contributed by atoms with Crippen LogP contribution in [0.25, 0.3) is 0 Å². The van der Waals surface area contributed by atoms with E-state index in [2.05, 4.69) is 10.4 Å². The maximum Gasteiger partial charge on any atom is 0.126 e. The molecule has 1 aromatic heterocycles. The van der Waals surface area contributed by atoms with Gasteiger partial charge in [-0.2, -0.15) is 5.10 Å². The van der Waals surface area contributed by atoms with Gasteiger partial charge in [0, 0.05) is 6.54 Å². The van der Waals surface area contributed by atoms with Crippen LogP contribution in [0, 0.1) is 12.7 Å². The molecular weight excluding hydrogens is 324 g/mol. The summed E-state index contributed by atoms with van der Waals surface area (Å²) in [4.78, 5) is 0. The van der Waals surface area contributed by atoms with E-state index in [1.807, 2.05) is 13.8 Å². The Labute approximate surface area is 131 Å². The summed E-state index contributed by atoms with van der Waals surface area (Å²) in [6.07, 6.45) is 0. The highest BCUT2D eigenvalue weighted by Crippen LogP contribution is 2.32. The minimum Gasteiger partial charge on any atom is -0.377 e. The molecule has 2 aromatic rings. The topological polar surface area (TPSA) is 29.9 Å². The van der Waals surface area contributed by atoms with Gasteiger partial charge in [0.05, 0.1) is 38.7 Å². The van der Waals surface area contributed by atoms with Crippen LogP contribution >= 0.6 is 34.8 Å². The lowest BCUT2D eigenvalue weighted by Gasteiger charge is -2.12.